The van der Waals surface area contributed by atoms with Crippen LogP contribution in [0.25, 0.3) is 44.4 Å². The Labute approximate surface area is 344 Å². The van der Waals surface area contributed by atoms with Gasteiger partial charge in [-0.05, 0) is 81.8 Å². The van der Waals surface area contributed by atoms with E-state index in [0.29, 0.717) is 0 Å². The average Bonchev–Trinajstić information content (AvgIpc) is 3.79. The van der Waals surface area contributed by atoms with Crippen LogP contribution in [0.3, 0.4) is 0 Å². The smallest absolute Gasteiger partial charge is 0.137 e. The van der Waals surface area contributed by atoms with Crippen molar-refractivity contribution in [2.45, 2.75) is 97.8 Å². The maximum Gasteiger partial charge on any atom is 0.137 e. The molecule has 0 saturated carbocycles. The molecule has 0 bridgehead atoms. The van der Waals surface area contributed by atoms with Gasteiger partial charge in [-0.1, -0.05) is 149 Å². The van der Waals surface area contributed by atoms with Crippen LogP contribution in [-0.4, -0.2) is 19.3 Å². The molecule has 8 rings (SSSR count). The molecule has 0 amide bonds. The van der Waals surface area contributed by atoms with Crippen LogP contribution in [0.4, 0.5) is 0 Å². The lowest BCUT2D eigenvalue weighted by Crippen LogP contribution is -2.19. The average molecular weight is 765 g/mol. The molecule has 3 heterocycles. The molecule has 0 atom stereocenters. The summed E-state index contributed by atoms with van der Waals surface area (Å²) in [6.07, 6.45) is 1.95. The largest absolute Gasteiger partial charge is 0.457 e. The molecule has 3 aromatic heterocycles. The van der Waals surface area contributed by atoms with Crippen molar-refractivity contribution in [1.82, 2.24) is 19.3 Å². The maximum absolute atomic E-state index is 6.92. The van der Waals surface area contributed by atoms with E-state index in [1.54, 1.807) is 0 Å². The Balaban J connectivity index is 1.33. The van der Waals surface area contributed by atoms with Gasteiger partial charge in [-0.3, -0.25) is 4.57 Å². The van der Waals surface area contributed by atoms with Crippen molar-refractivity contribution in [2.24, 2.45) is 0 Å². The molecule has 0 N–H and O–H groups in total. The lowest BCUT2D eigenvalue weighted by atomic mass is 9.78. The highest BCUT2D eigenvalue weighted by atomic mass is 16.5. The van der Waals surface area contributed by atoms with Gasteiger partial charge in [0.2, 0.25) is 0 Å². The van der Waals surface area contributed by atoms with Crippen LogP contribution in [0, 0.1) is 0 Å². The Bertz CT molecular complexity index is 2770. The number of hydrogen-bond acceptors (Lipinski definition) is 3. The Morgan fingerprint density at radius 2 is 1.22 bits per heavy atom. The highest BCUT2D eigenvalue weighted by molar-refractivity contribution is 6.12. The normalized spacial score (nSPS) is 12.7. The van der Waals surface area contributed by atoms with Crippen LogP contribution in [0.5, 0.6) is 11.5 Å². The van der Waals surface area contributed by atoms with Crippen molar-refractivity contribution in [3.8, 4) is 34.1 Å². The number of hydrogen-bond donors (Lipinski definition) is 0. The third-order valence-electron chi connectivity index (χ3n) is 11.5. The molecule has 0 spiro atoms. The molecule has 58 heavy (non-hydrogen) atoms. The first-order valence-corrected chi connectivity index (χ1v) is 20.5. The second kappa shape index (κ2) is 14.2. The van der Waals surface area contributed by atoms with Gasteiger partial charge in [-0.2, -0.15) is 5.10 Å². The van der Waals surface area contributed by atoms with E-state index < -0.39 is 0 Å². The van der Waals surface area contributed by atoms with E-state index in [4.69, 9.17) is 14.8 Å². The minimum atomic E-state index is -0.233. The summed E-state index contributed by atoms with van der Waals surface area (Å²) in [5.41, 5.74) is 10.8. The van der Waals surface area contributed by atoms with E-state index in [2.05, 4.69) is 213 Å². The molecule has 5 nitrogen and oxygen atoms in total. The number of rotatable bonds is 7. The number of benzene rings is 5. The predicted octanol–water partition coefficient (Wildman–Crippen LogP) is 14.0. The molecule has 0 unspecified atom stereocenters. The third-order valence-corrected chi connectivity index (χ3v) is 11.5. The molecular formula is C53H56N4O. The first-order chi connectivity index (χ1) is 27.4. The van der Waals surface area contributed by atoms with E-state index in [0.717, 1.165) is 45.4 Å². The van der Waals surface area contributed by atoms with E-state index in [-0.39, 0.29) is 21.7 Å². The zero-order chi connectivity index (χ0) is 41.2. The summed E-state index contributed by atoms with van der Waals surface area (Å²) >= 11 is 0. The summed E-state index contributed by atoms with van der Waals surface area (Å²) in [6.45, 7) is 24.8. The van der Waals surface area contributed by atoms with Crippen molar-refractivity contribution in [3.63, 3.8) is 0 Å². The van der Waals surface area contributed by atoms with Gasteiger partial charge < -0.3 is 4.74 Å². The van der Waals surface area contributed by atoms with Gasteiger partial charge in [0.05, 0.1) is 22.4 Å². The fourth-order valence-electron chi connectivity index (χ4n) is 8.07. The van der Waals surface area contributed by atoms with Crippen LogP contribution in [0.15, 0.2) is 140 Å². The van der Waals surface area contributed by atoms with Gasteiger partial charge in [0.1, 0.15) is 17.3 Å². The van der Waals surface area contributed by atoms with Crippen LogP contribution in [0.1, 0.15) is 104 Å². The molecule has 0 aliphatic heterocycles. The van der Waals surface area contributed by atoms with Gasteiger partial charge in [-0.25, -0.2) is 9.67 Å². The third kappa shape index (κ3) is 7.23. The van der Waals surface area contributed by atoms with Crippen molar-refractivity contribution in [2.75, 3.05) is 0 Å². The van der Waals surface area contributed by atoms with Gasteiger partial charge in [0.15, 0.2) is 0 Å². The van der Waals surface area contributed by atoms with Crippen molar-refractivity contribution in [1.29, 1.82) is 0 Å². The Morgan fingerprint density at radius 1 is 0.517 bits per heavy atom. The SMILES string of the molecule is CC(C)(C)c1cc(C(C)(C)C)n(-c2cccc(Oc3cc(C(C)(C)C)c4c5cc(-c6ccccc6)ccc5n(-c5cc(C(C)(C)c6ccccc6)ccn5)c4c3)c2)n1. The maximum atomic E-state index is 6.92. The highest BCUT2D eigenvalue weighted by Gasteiger charge is 2.29. The molecule has 0 aliphatic carbocycles. The molecule has 0 aliphatic rings. The molecule has 0 fully saturated rings. The van der Waals surface area contributed by atoms with Crippen molar-refractivity contribution < 1.29 is 4.74 Å². The molecule has 0 radical (unpaired) electrons. The fourth-order valence-corrected chi connectivity index (χ4v) is 8.07. The second-order valence-electron chi connectivity index (χ2n) is 19.4. The highest BCUT2D eigenvalue weighted by Crippen LogP contribution is 2.44. The summed E-state index contributed by atoms with van der Waals surface area (Å²) in [5, 5.41) is 7.54. The zero-order valence-electron chi connectivity index (χ0n) is 36.0. The summed E-state index contributed by atoms with van der Waals surface area (Å²) < 4.78 is 11.3. The predicted molar refractivity (Wildman–Crippen MR) is 242 cm³/mol. The number of pyridine rings is 1. The van der Waals surface area contributed by atoms with Crippen LogP contribution in [-0.2, 0) is 21.7 Å². The van der Waals surface area contributed by atoms with E-state index in [1.165, 1.54) is 38.6 Å². The fraction of sp³-hybridized carbons (Fsp3) is 0.283. The molecule has 8 aromatic rings. The van der Waals surface area contributed by atoms with Crippen LogP contribution >= 0.6 is 0 Å². The Kier molecular flexibility index (Phi) is 9.50. The summed E-state index contributed by atoms with van der Waals surface area (Å²) in [4.78, 5) is 5.08. The quantitative estimate of drug-likeness (QED) is 0.162. The lowest BCUT2D eigenvalue weighted by Gasteiger charge is -2.26. The minimum Gasteiger partial charge on any atom is -0.457 e. The van der Waals surface area contributed by atoms with E-state index >= 15 is 0 Å². The van der Waals surface area contributed by atoms with Crippen molar-refractivity contribution >= 4 is 21.8 Å². The summed E-state index contributed by atoms with van der Waals surface area (Å²) in [6, 6.07) is 47.6. The Morgan fingerprint density at radius 3 is 1.90 bits per heavy atom. The Hall–Kier alpha value is -5.94. The van der Waals surface area contributed by atoms with Crippen LogP contribution < -0.4 is 4.74 Å². The molecule has 0 saturated heterocycles. The molecule has 5 heteroatoms. The standard InChI is InChI=1S/C53H56N4O/c1-50(2,3)43-32-41(58-40-24-18-23-39(31-40)57-47(52(7,8)9)34-46(55-57)51(4,5)6)33-45-49(43)42-29-36(35-19-14-12-15-20-35)25-26-44(42)56(45)48-30-38(27-28-54-48)53(10,11)37-21-16-13-17-22-37/h12-34H,1-11H3. The number of aromatic nitrogens is 4. The lowest BCUT2D eigenvalue weighted by molar-refractivity contribution is 0.478. The number of fused-ring (bicyclic) bond motifs is 3. The first kappa shape index (κ1) is 38.9. The molecule has 5 aromatic carbocycles. The monoisotopic (exact) mass is 764 g/mol. The summed E-state index contributed by atoms with van der Waals surface area (Å²) in [5.74, 6) is 2.40. The summed E-state index contributed by atoms with van der Waals surface area (Å²) in [7, 11) is 0. The number of nitrogens with zero attached hydrogens (tertiary/aromatic N) is 4. The zero-order valence-corrected chi connectivity index (χ0v) is 36.0. The van der Waals surface area contributed by atoms with Crippen LogP contribution in [0.2, 0.25) is 0 Å². The van der Waals surface area contributed by atoms with E-state index in [1.807, 2.05) is 12.3 Å². The first-order valence-electron chi connectivity index (χ1n) is 20.5. The van der Waals surface area contributed by atoms with E-state index in [9.17, 15) is 0 Å². The molecular weight excluding hydrogens is 709 g/mol. The van der Waals surface area contributed by atoms with Crippen molar-refractivity contribution in [3.05, 3.63) is 168 Å². The molecule has 294 valence electrons. The van der Waals surface area contributed by atoms with Gasteiger partial charge >= 0.3 is 0 Å². The van der Waals surface area contributed by atoms with Gasteiger partial charge in [-0.15, -0.1) is 0 Å². The minimum absolute atomic E-state index is 0.0792. The van der Waals surface area contributed by atoms with Gasteiger partial charge in [0.25, 0.3) is 0 Å². The number of ether oxygens (including phenoxy) is 1. The topological polar surface area (TPSA) is 44.9 Å². The second-order valence-corrected chi connectivity index (χ2v) is 19.4. The van der Waals surface area contributed by atoms with Gasteiger partial charge in [0, 0.05) is 51.0 Å².